The minimum absolute atomic E-state index is 0.0326. The monoisotopic (exact) mass is 496 g/mol. The summed E-state index contributed by atoms with van der Waals surface area (Å²) >= 11 is 3.17. The second-order valence-electron chi connectivity index (χ2n) is 9.03. The van der Waals surface area contributed by atoms with E-state index in [9.17, 15) is 9.59 Å². The molecule has 0 atom stereocenters. The average molecular weight is 497 g/mol. The number of carbonyl (C=O) groups excluding carboxylic acids is 2. The number of aryl methyl sites for hydroxylation is 3. The number of hydrogen-bond donors (Lipinski definition) is 2. The van der Waals surface area contributed by atoms with Crippen LogP contribution in [-0.2, 0) is 16.0 Å². The molecule has 6 nitrogen and oxygen atoms in total. The molecule has 8 heteroatoms. The Morgan fingerprint density at radius 3 is 2.53 bits per heavy atom. The van der Waals surface area contributed by atoms with Crippen LogP contribution < -0.4 is 10.6 Å². The maximum absolute atomic E-state index is 12.6. The van der Waals surface area contributed by atoms with Crippen molar-refractivity contribution in [2.75, 3.05) is 31.5 Å². The lowest BCUT2D eigenvalue weighted by Crippen LogP contribution is -2.43. The number of thiazole rings is 1. The van der Waals surface area contributed by atoms with E-state index in [0.717, 1.165) is 43.6 Å². The van der Waals surface area contributed by atoms with Crippen molar-refractivity contribution in [1.82, 2.24) is 15.2 Å². The summed E-state index contributed by atoms with van der Waals surface area (Å²) in [6, 6.07) is 8.45. The number of hydrogen-bond acceptors (Lipinski definition) is 6. The normalized spacial score (nSPS) is 14.8. The highest BCUT2D eigenvalue weighted by atomic mass is 32.1. The average Bonchev–Trinajstić information content (AvgIpc) is 3.46. The molecule has 1 saturated heterocycles. The highest BCUT2D eigenvalue weighted by Crippen LogP contribution is 2.31. The Labute approximate surface area is 209 Å². The second-order valence-corrected chi connectivity index (χ2v) is 10.9. The Hall–Kier alpha value is -2.55. The standard InChI is InChI=1S/C26H32N4O2S2/c1-17-13-18(2)24(19(3)14-17)22-16-34-26(28-22)29-23(31)15-30-10-7-20(8-11-30)25(32)27-9-6-21-5-4-12-33-21/h4-5,12-14,16,20H,6-11,15H2,1-3H3,(H,27,32)(H,28,29,31). The number of benzene rings is 1. The summed E-state index contributed by atoms with van der Waals surface area (Å²) < 4.78 is 0. The number of amides is 2. The molecule has 0 spiro atoms. The van der Waals surface area contributed by atoms with E-state index in [1.807, 2.05) is 11.4 Å². The van der Waals surface area contributed by atoms with E-state index < -0.39 is 0 Å². The topological polar surface area (TPSA) is 74.3 Å². The number of anilines is 1. The number of carbonyl (C=O) groups is 2. The maximum atomic E-state index is 12.6. The van der Waals surface area contributed by atoms with Crippen LogP contribution in [0.3, 0.4) is 0 Å². The Morgan fingerprint density at radius 2 is 1.85 bits per heavy atom. The van der Waals surface area contributed by atoms with Gasteiger partial charge in [-0.3, -0.25) is 14.5 Å². The zero-order valence-corrected chi connectivity index (χ0v) is 21.7. The van der Waals surface area contributed by atoms with Gasteiger partial charge < -0.3 is 10.6 Å². The highest BCUT2D eigenvalue weighted by molar-refractivity contribution is 7.14. The van der Waals surface area contributed by atoms with Crippen LogP contribution in [0.5, 0.6) is 0 Å². The summed E-state index contributed by atoms with van der Waals surface area (Å²) in [5.41, 5.74) is 5.67. The fourth-order valence-corrected chi connectivity index (χ4v) is 6.08. The van der Waals surface area contributed by atoms with E-state index in [-0.39, 0.29) is 17.7 Å². The largest absolute Gasteiger partial charge is 0.355 e. The van der Waals surface area contributed by atoms with Crippen LogP contribution in [0.2, 0.25) is 0 Å². The molecule has 1 aliphatic rings. The predicted molar refractivity (Wildman–Crippen MR) is 141 cm³/mol. The molecule has 3 heterocycles. The van der Waals surface area contributed by atoms with Crippen LogP contribution in [0.4, 0.5) is 5.13 Å². The minimum atomic E-state index is -0.0582. The van der Waals surface area contributed by atoms with E-state index in [4.69, 9.17) is 0 Å². The lowest BCUT2D eigenvalue weighted by Gasteiger charge is -2.30. The Balaban J connectivity index is 1.22. The molecule has 0 aliphatic carbocycles. The Morgan fingerprint density at radius 1 is 1.12 bits per heavy atom. The number of likely N-dealkylation sites (tertiary alicyclic amines) is 1. The molecule has 2 aromatic heterocycles. The Bertz CT molecular complexity index is 1110. The van der Waals surface area contributed by atoms with Gasteiger partial charge in [0.15, 0.2) is 5.13 Å². The van der Waals surface area contributed by atoms with Crippen molar-refractivity contribution in [1.29, 1.82) is 0 Å². The van der Waals surface area contributed by atoms with Crippen LogP contribution in [0, 0.1) is 26.7 Å². The predicted octanol–water partition coefficient (Wildman–Crippen LogP) is 4.81. The summed E-state index contributed by atoms with van der Waals surface area (Å²) in [5.74, 6) is 0.111. The van der Waals surface area contributed by atoms with Gasteiger partial charge in [-0.25, -0.2) is 4.98 Å². The first-order valence-corrected chi connectivity index (χ1v) is 13.5. The zero-order valence-electron chi connectivity index (χ0n) is 20.0. The second kappa shape index (κ2) is 11.3. The Kier molecular flexibility index (Phi) is 8.13. The van der Waals surface area contributed by atoms with Crippen molar-refractivity contribution in [3.8, 4) is 11.3 Å². The quantitative estimate of drug-likeness (QED) is 0.470. The molecule has 34 heavy (non-hydrogen) atoms. The fourth-order valence-electron chi connectivity index (χ4n) is 4.65. The van der Waals surface area contributed by atoms with Gasteiger partial charge in [0, 0.05) is 28.3 Å². The first kappa shape index (κ1) is 24.6. The lowest BCUT2D eigenvalue weighted by molar-refractivity contribution is -0.126. The van der Waals surface area contributed by atoms with Gasteiger partial charge >= 0.3 is 0 Å². The molecular weight excluding hydrogens is 464 g/mol. The van der Waals surface area contributed by atoms with Crippen molar-refractivity contribution in [3.63, 3.8) is 0 Å². The van der Waals surface area contributed by atoms with Crippen LogP contribution in [0.15, 0.2) is 35.0 Å². The molecule has 0 radical (unpaired) electrons. The first-order chi connectivity index (χ1) is 16.4. The summed E-state index contributed by atoms with van der Waals surface area (Å²) in [6.45, 7) is 8.80. The van der Waals surface area contributed by atoms with E-state index in [1.54, 1.807) is 11.3 Å². The van der Waals surface area contributed by atoms with Gasteiger partial charge in [0.2, 0.25) is 11.8 Å². The molecule has 3 aromatic rings. The fraction of sp³-hybridized carbons (Fsp3) is 0.423. The molecule has 0 saturated carbocycles. The van der Waals surface area contributed by atoms with Crippen LogP contribution in [-0.4, -0.2) is 47.9 Å². The number of aromatic nitrogens is 1. The highest BCUT2D eigenvalue weighted by Gasteiger charge is 2.26. The van der Waals surface area contributed by atoms with Gasteiger partial charge in [-0.1, -0.05) is 23.8 Å². The van der Waals surface area contributed by atoms with E-state index >= 15 is 0 Å². The molecule has 180 valence electrons. The molecular formula is C26H32N4O2S2. The smallest absolute Gasteiger partial charge is 0.240 e. The van der Waals surface area contributed by atoms with Crippen LogP contribution in [0.1, 0.15) is 34.4 Å². The van der Waals surface area contributed by atoms with Crippen LogP contribution >= 0.6 is 22.7 Å². The molecule has 4 rings (SSSR count). The van der Waals surface area contributed by atoms with E-state index in [1.165, 1.54) is 32.9 Å². The minimum Gasteiger partial charge on any atom is -0.355 e. The third kappa shape index (κ3) is 6.31. The summed E-state index contributed by atoms with van der Waals surface area (Å²) in [7, 11) is 0. The van der Waals surface area contributed by atoms with Gasteiger partial charge in [-0.2, -0.15) is 0 Å². The van der Waals surface area contributed by atoms with Crippen molar-refractivity contribution < 1.29 is 9.59 Å². The maximum Gasteiger partial charge on any atom is 0.240 e. The molecule has 0 bridgehead atoms. The summed E-state index contributed by atoms with van der Waals surface area (Å²) in [5, 5.41) is 10.7. The van der Waals surface area contributed by atoms with Crippen molar-refractivity contribution in [3.05, 3.63) is 56.6 Å². The van der Waals surface area contributed by atoms with E-state index in [0.29, 0.717) is 18.2 Å². The van der Waals surface area contributed by atoms with Gasteiger partial charge in [-0.05, 0) is 75.7 Å². The van der Waals surface area contributed by atoms with Gasteiger partial charge in [0.1, 0.15) is 0 Å². The molecule has 2 amide bonds. The number of piperidine rings is 1. The van der Waals surface area contributed by atoms with Crippen molar-refractivity contribution in [2.24, 2.45) is 5.92 Å². The molecule has 1 fully saturated rings. The number of rotatable bonds is 8. The van der Waals surface area contributed by atoms with Crippen LogP contribution in [0.25, 0.3) is 11.3 Å². The molecule has 1 aromatic carbocycles. The number of nitrogens with zero attached hydrogens (tertiary/aromatic N) is 2. The van der Waals surface area contributed by atoms with Crippen molar-refractivity contribution in [2.45, 2.75) is 40.0 Å². The first-order valence-electron chi connectivity index (χ1n) is 11.7. The zero-order chi connectivity index (χ0) is 24.1. The molecule has 2 N–H and O–H groups in total. The number of nitrogens with one attached hydrogen (secondary N) is 2. The van der Waals surface area contributed by atoms with Gasteiger partial charge in [-0.15, -0.1) is 22.7 Å². The lowest BCUT2D eigenvalue weighted by atomic mass is 9.96. The van der Waals surface area contributed by atoms with Crippen molar-refractivity contribution >= 4 is 39.6 Å². The SMILES string of the molecule is Cc1cc(C)c(-c2csc(NC(=O)CN3CCC(C(=O)NCCc4cccs4)CC3)n2)c(C)c1. The van der Waals surface area contributed by atoms with E-state index in [2.05, 4.69) is 64.9 Å². The van der Waals surface area contributed by atoms with Gasteiger partial charge in [0.05, 0.1) is 12.2 Å². The van der Waals surface area contributed by atoms with Gasteiger partial charge in [0.25, 0.3) is 0 Å². The summed E-state index contributed by atoms with van der Waals surface area (Å²) in [4.78, 5) is 33.2. The summed E-state index contributed by atoms with van der Waals surface area (Å²) in [6.07, 6.45) is 2.45. The molecule has 0 unspecified atom stereocenters. The number of thiophene rings is 1. The third-order valence-electron chi connectivity index (χ3n) is 6.26. The molecule has 1 aliphatic heterocycles. The third-order valence-corrected chi connectivity index (χ3v) is 7.95.